The molecule has 4 aromatic carbocycles. The van der Waals surface area contributed by atoms with E-state index in [0.29, 0.717) is 5.92 Å². The normalized spacial score (nSPS) is 12.8. The van der Waals surface area contributed by atoms with Gasteiger partial charge in [-0.2, -0.15) is 0 Å². The lowest BCUT2D eigenvalue weighted by atomic mass is 9.92. The molecule has 0 radical (unpaired) electrons. The van der Waals surface area contributed by atoms with Crippen molar-refractivity contribution in [2.45, 2.75) is 36.5 Å². The smallest absolute Gasteiger partial charge is 0.200 e. The summed E-state index contributed by atoms with van der Waals surface area (Å²) in [4.78, 5) is 2.76. The van der Waals surface area contributed by atoms with Crippen LogP contribution in [0.4, 0.5) is 0 Å². The summed E-state index contributed by atoms with van der Waals surface area (Å²) >= 11 is 1.94. The quantitative estimate of drug-likeness (QED) is 0.201. The number of benzene rings is 4. The molecule has 0 aliphatic carbocycles. The predicted molar refractivity (Wildman–Crippen MR) is 129 cm³/mol. The fourth-order valence-electron chi connectivity index (χ4n) is 4.98. The van der Waals surface area contributed by atoms with Crippen LogP contribution in [0.3, 0.4) is 0 Å². The SMILES string of the molecule is Cc1c2c(cc3ccccc13)Sc1c3ccc(C(C)C)cc3cc3cc[n+](C)c-2c13. The Morgan fingerprint density at radius 2 is 1.67 bits per heavy atom. The van der Waals surface area contributed by atoms with E-state index >= 15 is 0 Å². The summed E-state index contributed by atoms with van der Waals surface area (Å²) in [6.07, 6.45) is 2.22. The molecular formula is C28H24NS+. The first-order chi connectivity index (χ1) is 14.5. The second-order valence-corrected chi connectivity index (χ2v) is 9.83. The fourth-order valence-corrected chi connectivity index (χ4v) is 6.35. The topological polar surface area (TPSA) is 3.88 Å². The number of aryl methyl sites for hydroxylation is 2. The molecule has 2 heteroatoms. The van der Waals surface area contributed by atoms with Gasteiger partial charge in [-0.3, -0.25) is 0 Å². The lowest BCUT2D eigenvalue weighted by Gasteiger charge is -2.22. The van der Waals surface area contributed by atoms with Gasteiger partial charge >= 0.3 is 0 Å². The number of nitrogens with zero attached hydrogens (tertiary/aromatic N) is 1. The predicted octanol–water partition coefficient (Wildman–Crippen LogP) is 7.53. The summed E-state index contributed by atoms with van der Waals surface area (Å²) in [5.41, 5.74) is 5.50. The zero-order valence-corrected chi connectivity index (χ0v) is 18.6. The van der Waals surface area contributed by atoms with Crippen molar-refractivity contribution < 1.29 is 4.57 Å². The molecule has 0 saturated heterocycles. The number of rotatable bonds is 1. The molecule has 0 bridgehead atoms. The van der Waals surface area contributed by atoms with Gasteiger partial charge in [-0.05, 0) is 63.0 Å². The minimum Gasteiger partial charge on any atom is -0.200 e. The van der Waals surface area contributed by atoms with E-state index in [0.717, 1.165) is 0 Å². The summed E-state index contributed by atoms with van der Waals surface area (Å²) in [7, 11) is 2.18. The molecule has 0 saturated carbocycles. The van der Waals surface area contributed by atoms with Gasteiger partial charge < -0.3 is 0 Å². The van der Waals surface area contributed by atoms with Crippen molar-refractivity contribution in [2.75, 3.05) is 0 Å². The van der Waals surface area contributed by atoms with E-state index in [1.165, 1.54) is 64.5 Å². The Morgan fingerprint density at radius 1 is 0.833 bits per heavy atom. The molecule has 0 amide bonds. The first-order valence-electron chi connectivity index (χ1n) is 10.6. The lowest BCUT2D eigenvalue weighted by Crippen LogP contribution is -2.31. The van der Waals surface area contributed by atoms with E-state index in [1.54, 1.807) is 0 Å². The highest BCUT2D eigenvalue weighted by Gasteiger charge is 2.30. The summed E-state index contributed by atoms with van der Waals surface area (Å²) in [5.74, 6) is 0.535. The lowest BCUT2D eigenvalue weighted by molar-refractivity contribution is -0.659. The minimum absolute atomic E-state index is 0.535. The van der Waals surface area contributed by atoms with Crippen LogP contribution in [0, 0.1) is 6.92 Å². The molecule has 5 aromatic rings. The molecule has 0 unspecified atom stereocenters. The summed E-state index contributed by atoms with van der Waals surface area (Å²) in [5, 5.41) is 8.09. The van der Waals surface area contributed by atoms with E-state index in [2.05, 4.69) is 99.2 Å². The Kier molecular flexibility index (Phi) is 3.79. The molecule has 2 heterocycles. The van der Waals surface area contributed by atoms with Gasteiger partial charge in [-0.25, -0.2) is 4.57 Å². The highest BCUT2D eigenvalue weighted by atomic mass is 32.2. The van der Waals surface area contributed by atoms with Crippen LogP contribution in [0.25, 0.3) is 43.6 Å². The third kappa shape index (κ3) is 2.40. The van der Waals surface area contributed by atoms with Crippen molar-refractivity contribution in [2.24, 2.45) is 7.05 Å². The van der Waals surface area contributed by atoms with E-state index < -0.39 is 0 Å². The van der Waals surface area contributed by atoms with E-state index in [-0.39, 0.29) is 0 Å². The van der Waals surface area contributed by atoms with Crippen LogP contribution in [-0.4, -0.2) is 0 Å². The summed E-state index contributed by atoms with van der Waals surface area (Å²) in [6, 6.07) is 22.8. The van der Waals surface area contributed by atoms with Crippen molar-refractivity contribution in [3.63, 3.8) is 0 Å². The maximum absolute atomic E-state index is 2.38. The fraction of sp³-hybridized carbons (Fsp3) is 0.179. The van der Waals surface area contributed by atoms with Gasteiger partial charge in [0.2, 0.25) is 5.69 Å². The molecule has 1 aliphatic heterocycles. The summed E-state index contributed by atoms with van der Waals surface area (Å²) in [6.45, 7) is 6.81. The number of fused-ring (bicyclic) bond motifs is 5. The zero-order valence-electron chi connectivity index (χ0n) is 17.8. The Balaban J connectivity index is 1.78. The van der Waals surface area contributed by atoms with Crippen LogP contribution in [0.1, 0.15) is 30.9 Å². The average molecular weight is 407 g/mol. The molecule has 1 nitrogen and oxygen atoms in total. The van der Waals surface area contributed by atoms with Crippen molar-refractivity contribution in [3.05, 3.63) is 78.0 Å². The highest BCUT2D eigenvalue weighted by molar-refractivity contribution is 8.00. The molecule has 30 heavy (non-hydrogen) atoms. The van der Waals surface area contributed by atoms with Crippen molar-refractivity contribution in [1.82, 2.24) is 0 Å². The first kappa shape index (κ1) is 18.0. The van der Waals surface area contributed by atoms with E-state index in [1.807, 2.05) is 11.8 Å². The highest BCUT2D eigenvalue weighted by Crippen LogP contribution is 2.51. The van der Waals surface area contributed by atoms with Gasteiger partial charge in [0.25, 0.3) is 0 Å². The maximum Gasteiger partial charge on any atom is 0.222 e. The van der Waals surface area contributed by atoms with Gasteiger partial charge in [0.1, 0.15) is 7.05 Å². The largest absolute Gasteiger partial charge is 0.222 e. The molecule has 6 rings (SSSR count). The van der Waals surface area contributed by atoms with Gasteiger partial charge in [-0.15, -0.1) is 0 Å². The van der Waals surface area contributed by atoms with Crippen LogP contribution in [0.5, 0.6) is 0 Å². The van der Waals surface area contributed by atoms with Gasteiger partial charge in [0.15, 0.2) is 6.20 Å². The molecule has 1 aromatic heterocycles. The van der Waals surface area contributed by atoms with E-state index in [9.17, 15) is 0 Å². The van der Waals surface area contributed by atoms with E-state index in [4.69, 9.17) is 0 Å². The third-order valence-electron chi connectivity index (χ3n) is 6.60. The number of hydrogen-bond donors (Lipinski definition) is 0. The van der Waals surface area contributed by atoms with Crippen molar-refractivity contribution in [3.8, 4) is 11.3 Å². The second-order valence-electron chi connectivity index (χ2n) is 8.78. The monoisotopic (exact) mass is 406 g/mol. The Hall–Kier alpha value is -2.84. The molecule has 0 atom stereocenters. The van der Waals surface area contributed by atoms with Crippen LogP contribution in [-0.2, 0) is 7.05 Å². The Bertz CT molecular complexity index is 1510. The molecule has 0 fully saturated rings. The minimum atomic E-state index is 0.535. The first-order valence-corrected chi connectivity index (χ1v) is 11.4. The van der Waals surface area contributed by atoms with Crippen LogP contribution < -0.4 is 4.57 Å². The Labute approximate surface area is 181 Å². The number of hydrogen-bond acceptors (Lipinski definition) is 1. The van der Waals surface area contributed by atoms with Crippen LogP contribution >= 0.6 is 11.8 Å². The zero-order chi connectivity index (χ0) is 20.6. The maximum atomic E-state index is 2.38. The van der Waals surface area contributed by atoms with Crippen LogP contribution in [0.15, 0.2) is 76.7 Å². The summed E-state index contributed by atoms with van der Waals surface area (Å²) < 4.78 is 2.31. The second kappa shape index (κ2) is 6.33. The van der Waals surface area contributed by atoms with Gasteiger partial charge in [0, 0.05) is 15.9 Å². The number of pyridine rings is 1. The van der Waals surface area contributed by atoms with Crippen LogP contribution in [0.2, 0.25) is 0 Å². The molecule has 1 aliphatic rings. The molecule has 0 N–H and O–H groups in total. The molecule has 0 spiro atoms. The average Bonchev–Trinajstić information content (AvgIpc) is 2.75. The number of aromatic nitrogens is 1. The van der Waals surface area contributed by atoms with Crippen molar-refractivity contribution >= 4 is 44.1 Å². The Morgan fingerprint density at radius 3 is 2.50 bits per heavy atom. The van der Waals surface area contributed by atoms with Gasteiger partial charge in [-0.1, -0.05) is 68.1 Å². The third-order valence-corrected chi connectivity index (χ3v) is 7.77. The molecule has 146 valence electrons. The standard InChI is InChI=1S/C28H24NS/c1-16(2)18-9-10-23-21(13-18)14-20-11-12-29(4)27-25-17(3)22-8-6-5-7-19(22)15-24(25)30-28(23)26(20)27/h5-16H,1-4H3/q+1. The van der Waals surface area contributed by atoms with Crippen molar-refractivity contribution in [1.29, 1.82) is 0 Å². The van der Waals surface area contributed by atoms with Gasteiger partial charge in [0.05, 0.1) is 10.9 Å². The molecular weight excluding hydrogens is 382 g/mol.